The molecular formula is C10H10N4O2S. The average Bonchev–Trinajstić information content (AvgIpc) is 2.78. The van der Waals surface area contributed by atoms with Gasteiger partial charge in [0.05, 0.1) is 22.7 Å². The molecule has 0 fully saturated rings. The van der Waals surface area contributed by atoms with E-state index >= 15 is 0 Å². The van der Waals surface area contributed by atoms with Gasteiger partial charge in [-0.1, -0.05) is 0 Å². The fraction of sp³-hybridized carbons (Fsp3) is 0.100. The van der Waals surface area contributed by atoms with E-state index < -0.39 is 4.92 Å². The van der Waals surface area contributed by atoms with Crippen LogP contribution in [0.4, 0.5) is 17.1 Å². The van der Waals surface area contributed by atoms with Gasteiger partial charge < -0.3 is 11.1 Å². The van der Waals surface area contributed by atoms with Gasteiger partial charge in [0.1, 0.15) is 5.69 Å². The van der Waals surface area contributed by atoms with Crippen LogP contribution in [0.3, 0.4) is 0 Å². The number of nitrogen functional groups attached to an aromatic ring is 1. The van der Waals surface area contributed by atoms with Crippen LogP contribution < -0.4 is 11.1 Å². The van der Waals surface area contributed by atoms with E-state index in [1.54, 1.807) is 11.6 Å². The number of nitrogens with two attached hydrogens (primary N) is 1. The largest absolute Gasteiger partial charge is 0.399 e. The summed E-state index contributed by atoms with van der Waals surface area (Å²) in [5, 5.41) is 15.6. The van der Waals surface area contributed by atoms with Crippen molar-refractivity contribution in [2.75, 3.05) is 11.1 Å². The molecule has 0 radical (unpaired) electrons. The van der Waals surface area contributed by atoms with E-state index in [0.717, 1.165) is 5.69 Å². The Morgan fingerprint density at radius 3 is 3.00 bits per heavy atom. The molecule has 88 valence electrons. The van der Waals surface area contributed by atoms with Gasteiger partial charge in [0.2, 0.25) is 0 Å². The van der Waals surface area contributed by atoms with Crippen LogP contribution in [-0.4, -0.2) is 9.91 Å². The number of nitro groups is 1. The molecule has 0 amide bonds. The lowest BCUT2D eigenvalue weighted by molar-refractivity contribution is -0.383. The molecule has 1 heterocycles. The predicted molar refractivity (Wildman–Crippen MR) is 66.9 cm³/mol. The SMILES string of the molecule is Nc1ccc([N+](=O)[O-])c(NCc2cscn2)c1. The molecule has 6 nitrogen and oxygen atoms in total. The first-order valence-corrected chi connectivity index (χ1v) is 5.76. The van der Waals surface area contributed by atoms with Crippen molar-refractivity contribution >= 4 is 28.4 Å². The summed E-state index contributed by atoms with van der Waals surface area (Å²) in [6.07, 6.45) is 0. The minimum absolute atomic E-state index is 0.00873. The van der Waals surface area contributed by atoms with Gasteiger partial charge >= 0.3 is 0 Å². The van der Waals surface area contributed by atoms with E-state index in [1.807, 2.05) is 5.38 Å². The number of aromatic nitrogens is 1. The maximum atomic E-state index is 10.8. The summed E-state index contributed by atoms with van der Waals surface area (Å²) in [6.45, 7) is 0.438. The van der Waals surface area contributed by atoms with Gasteiger partial charge in [-0.3, -0.25) is 10.1 Å². The van der Waals surface area contributed by atoms with Crippen molar-refractivity contribution in [2.45, 2.75) is 6.54 Å². The summed E-state index contributed by atoms with van der Waals surface area (Å²) in [5.41, 5.74) is 9.05. The molecule has 0 saturated heterocycles. The summed E-state index contributed by atoms with van der Waals surface area (Å²) in [5.74, 6) is 0. The number of benzene rings is 1. The van der Waals surface area contributed by atoms with Gasteiger partial charge in [-0.2, -0.15) is 0 Å². The molecule has 0 spiro atoms. The molecule has 1 aromatic carbocycles. The first-order valence-electron chi connectivity index (χ1n) is 4.81. The summed E-state index contributed by atoms with van der Waals surface area (Å²) in [4.78, 5) is 14.4. The van der Waals surface area contributed by atoms with Crippen molar-refractivity contribution < 1.29 is 4.92 Å². The van der Waals surface area contributed by atoms with Crippen LogP contribution in [-0.2, 0) is 6.54 Å². The van der Waals surface area contributed by atoms with Crippen molar-refractivity contribution in [2.24, 2.45) is 0 Å². The predicted octanol–water partition coefficient (Wildman–Crippen LogP) is 2.25. The number of nitrogens with one attached hydrogen (secondary N) is 1. The summed E-state index contributed by atoms with van der Waals surface area (Å²) in [6, 6.07) is 4.44. The molecule has 0 atom stereocenters. The first kappa shape index (κ1) is 11.3. The molecule has 7 heteroatoms. The van der Waals surface area contributed by atoms with Crippen LogP contribution in [0.15, 0.2) is 29.1 Å². The third kappa shape index (κ3) is 2.70. The zero-order chi connectivity index (χ0) is 12.3. The normalized spacial score (nSPS) is 10.1. The minimum atomic E-state index is -0.442. The monoisotopic (exact) mass is 250 g/mol. The van der Waals surface area contributed by atoms with Crippen LogP contribution in [0.5, 0.6) is 0 Å². The van der Waals surface area contributed by atoms with E-state index in [4.69, 9.17) is 5.73 Å². The maximum absolute atomic E-state index is 10.8. The average molecular weight is 250 g/mol. The lowest BCUT2D eigenvalue weighted by Crippen LogP contribution is -2.03. The van der Waals surface area contributed by atoms with Crippen molar-refractivity contribution in [3.63, 3.8) is 0 Å². The number of anilines is 2. The molecule has 0 bridgehead atoms. The Labute approximate surface area is 101 Å². The van der Waals surface area contributed by atoms with Gasteiger partial charge in [-0.05, 0) is 12.1 Å². The first-order chi connectivity index (χ1) is 8.16. The lowest BCUT2D eigenvalue weighted by Gasteiger charge is -2.06. The minimum Gasteiger partial charge on any atom is -0.399 e. The molecule has 2 rings (SSSR count). The highest BCUT2D eigenvalue weighted by molar-refractivity contribution is 7.07. The van der Waals surface area contributed by atoms with Crippen LogP contribution in [0.25, 0.3) is 0 Å². The zero-order valence-corrected chi connectivity index (χ0v) is 9.61. The van der Waals surface area contributed by atoms with E-state index in [1.165, 1.54) is 23.5 Å². The molecule has 3 N–H and O–H groups in total. The van der Waals surface area contributed by atoms with Gasteiger partial charge in [0.15, 0.2) is 0 Å². The van der Waals surface area contributed by atoms with Crippen LogP contribution >= 0.6 is 11.3 Å². The smallest absolute Gasteiger partial charge is 0.292 e. The number of hydrogen-bond donors (Lipinski definition) is 2. The van der Waals surface area contributed by atoms with Crippen LogP contribution in [0.2, 0.25) is 0 Å². The van der Waals surface area contributed by atoms with Crippen LogP contribution in [0.1, 0.15) is 5.69 Å². The Bertz CT molecular complexity index is 527. The summed E-state index contributed by atoms with van der Waals surface area (Å²) >= 11 is 1.48. The van der Waals surface area contributed by atoms with Gasteiger partial charge in [0, 0.05) is 17.1 Å². The Balaban J connectivity index is 2.19. The second kappa shape index (κ2) is 4.79. The summed E-state index contributed by atoms with van der Waals surface area (Å²) < 4.78 is 0. The van der Waals surface area contributed by atoms with Crippen molar-refractivity contribution in [1.29, 1.82) is 0 Å². The maximum Gasteiger partial charge on any atom is 0.292 e. The Kier molecular flexibility index (Phi) is 3.20. The molecule has 0 aliphatic rings. The van der Waals surface area contributed by atoms with Crippen molar-refractivity contribution in [1.82, 2.24) is 4.98 Å². The zero-order valence-electron chi connectivity index (χ0n) is 8.79. The van der Waals surface area contributed by atoms with E-state index in [-0.39, 0.29) is 5.69 Å². The molecule has 1 aromatic heterocycles. The van der Waals surface area contributed by atoms with Gasteiger partial charge in [0.25, 0.3) is 5.69 Å². The molecule has 2 aromatic rings. The number of nitrogens with zero attached hydrogens (tertiary/aromatic N) is 2. The van der Waals surface area contributed by atoms with Gasteiger partial charge in [-0.25, -0.2) is 4.98 Å². The number of rotatable bonds is 4. The topological polar surface area (TPSA) is 94.1 Å². The molecule has 0 aliphatic heterocycles. The second-order valence-electron chi connectivity index (χ2n) is 3.37. The van der Waals surface area contributed by atoms with E-state index in [2.05, 4.69) is 10.3 Å². The van der Waals surface area contributed by atoms with Crippen molar-refractivity contribution in [3.05, 3.63) is 44.9 Å². The molecule has 17 heavy (non-hydrogen) atoms. The second-order valence-corrected chi connectivity index (χ2v) is 4.09. The Morgan fingerprint density at radius 2 is 2.35 bits per heavy atom. The fourth-order valence-electron chi connectivity index (χ4n) is 1.37. The third-order valence-corrected chi connectivity index (χ3v) is 2.80. The number of hydrogen-bond acceptors (Lipinski definition) is 6. The quantitative estimate of drug-likeness (QED) is 0.493. The Morgan fingerprint density at radius 1 is 1.53 bits per heavy atom. The van der Waals surface area contributed by atoms with E-state index in [9.17, 15) is 10.1 Å². The third-order valence-electron chi connectivity index (χ3n) is 2.16. The number of nitro benzene ring substituents is 1. The fourth-order valence-corrected chi connectivity index (χ4v) is 1.92. The highest BCUT2D eigenvalue weighted by Crippen LogP contribution is 2.26. The molecule has 0 unspecified atom stereocenters. The molecular weight excluding hydrogens is 240 g/mol. The van der Waals surface area contributed by atoms with Gasteiger partial charge in [-0.15, -0.1) is 11.3 Å². The lowest BCUT2D eigenvalue weighted by atomic mass is 10.2. The molecule has 0 saturated carbocycles. The van der Waals surface area contributed by atoms with Crippen molar-refractivity contribution in [3.8, 4) is 0 Å². The Hall–Kier alpha value is -2.15. The standard InChI is InChI=1S/C10H10N4O2S/c11-7-1-2-10(14(15)16)9(3-7)12-4-8-5-17-6-13-8/h1-3,5-6,12H,4,11H2. The molecule has 0 aliphatic carbocycles. The summed E-state index contributed by atoms with van der Waals surface area (Å²) in [7, 11) is 0. The highest BCUT2D eigenvalue weighted by Gasteiger charge is 2.13. The van der Waals surface area contributed by atoms with Crippen LogP contribution in [0, 0.1) is 10.1 Å². The van der Waals surface area contributed by atoms with E-state index in [0.29, 0.717) is 17.9 Å². The number of thiazole rings is 1. The highest BCUT2D eigenvalue weighted by atomic mass is 32.1.